The highest BCUT2D eigenvalue weighted by Gasteiger charge is 2.34. The zero-order valence-electron chi connectivity index (χ0n) is 10.8. The molecular formula is C11H14F3N3O3. The van der Waals surface area contributed by atoms with E-state index in [1.807, 2.05) is 4.98 Å². The summed E-state index contributed by atoms with van der Waals surface area (Å²) in [4.78, 5) is 27.5. The van der Waals surface area contributed by atoms with E-state index < -0.39 is 35.4 Å². The zero-order valence-corrected chi connectivity index (χ0v) is 10.8. The van der Waals surface area contributed by atoms with Crippen molar-refractivity contribution in [3.8, 4) is 0 Å². The van der Waals surface area contributed by atoms with E-state index in [-0.39, 0.29) is 5.92 Å². The first-order valence-corrected chi connectivity index (χ1v) is 5.83. The standard InChI is InChI=1S/C11H14F3N3O3/c1-3-5(2)8(9(19)20)17-10-15-6(11(12,13)14)4-7(18)16-10/h4-5,8H,3H2,1-2H3,(H,19,20)(H2,15,16,17,18). The second-order valence-electron chi connectivity index (χ2n) is 4.32. The molecule has 0 bridgehead atoms. The van der Waals surface area contributed by atoms with Crippen molar-refractivity contribution in [1.29, 1.82) is 0 Å². The topological polar surface area (TPSA) is 95.1 Å². The van der Waals surface area contributed by atoms with E-state index in [9.17, 15) is 22.8 Å². The minimum Gasteiger partial charge on any atom is -0.480 e. The Morgan fingerprint density at radius 2 is 2.15 bits per heavy atom. The maximum absolute atomic E-state index is 12.5. The first-order chi connectivity index (χ1) is 9.15. The fourth-order valence-corrected chi connectivity index (χ4v) is 1.50. The van der Waals surface area contributed by atoms with Gasteiger partial charge in [0.25, 0.3) is 5.56 Å². The van der Waals surface area contributed by atoms with Crippen LogP contribution in [-0.2, 0) is 11.0 Å². The molecule has 0 saturated carbocycles. The number of alkyl halides is 3. The summed E-state index contributed by atoms with van der Waals surface area (Å²) in [6.45, 7) is 3.36. The molecular weight excluding hydrogens is 279 g/mol. The van der Waals surface area contributed by atoms with Gasteiger partial charge in [0, 0.05) is 6.07 Å². The van der Waals surface area contributed by atoms with Crippen molar-refractivity contribution in [3.63, 3.8) is 0 Å². The van der Waals surface area contributed by atoms with Gasteiger partial charge in [-0.25, -0.2) is 9.78 Å². The van der Waals surface area contributed by atoms with Gasteiger partial charge >= 0.3 is 12.1 Å². The molecule has 1 aromatic heterocycles. The predicted molar refractivity (Wildman–Crippen MR) is 64.4 cm³/mol. The normalized spacial score (nSPS) is 14.7. The van der Waals surface area contributed by atoms with Gasteiger partial charge < -0.3 is 10.4 Å². The highest BCUT2D eigenvalue weighted by atomic mass is 19.4. The van der Waals surface area contributed by atoms with E-state index in [4.69, 9.17) is 5.11 Å². The molecule has 2 unspecified atom stereocenters. The van der Waals surface area contributed by atoms with Crippen LogP contribution in [0.5, 0.6) is 0 Å². The number of nitrogens with zero attached hydrogens (tertiary/aromatic N) is 1. The Labute approximate surface area is 112 Å². The van der Waals surface area contributed by atoms with Crippen LogP contribution in [0.15, 0.2) is 10.9 Å². The highest BCUT2D eigenvalue weighted by Crippen LogP contribution is 2.27. The molecule has 0 amide bonds. The third-order valence-corrected chi connectivity index (χ3v) is 2.80. The van der Waals surface area contributed by atoms with Crippen molar-refractivity contribution < 1.29 is 23.1 Å². The molecule has 0 radical (unpaired) electrons. The third-order valence-electron chi connectivity index (χ3n) is 2.80. The van der Waals surface area contributed by atoms with Gasteiger partial charge in [0.2, 0.25) is 5.95 Å². The van der Waals surface area contributed by atoms with E-state index in [2.05, 4.69) is 10.3 Å². The number of rotatable bonds is 5. The fourth-order valence-electron chi connectivity index (χ4n) is 1.50. The summed E-state index contributed by atoms with van der Waals surface area (Å²) in [6, 6.07) is -0.837. The second kappa shape index (κ2) is 5.93. The lowest BCUT2D eigenvalue weighted by atomic mass is 9.99. The Morgan fingerprint density at radius 1 is 1.55 bits per heavy atom. The Kier molecular flexibility index (Phi) is 4.74. The van der Waals surface area contributed by atoms with Gasteiger partial charge in [0.15, 0.2) is 5.69 Å². The number of H-pyrrole nitrogens is 1. The lowest BCUT2D eigenvalue weighted by Crippen LogP contribution is -2.36. The summed E-state index contributed by atoms with van der Waals surface area (Å²) in [5, 5.41) is 11.3. The van der Waals surface area contributed by atoms with E-state index >= 15 is 0 Å². The number of hydrogen-bond acceptors (Lipinski definition) is 4. The maximum Gasteiger partial charge on any atom is 0.433 e. The Morgan fingerprint density at radius 3 is 2.60 bits per heavy atom. The van der Waals surface area contributed by atoms with Gasteiger partial charge in [0.05, 0.1) is 0 Å². The number of nitrogens with one attached hydrogen (secondary N) is 2. The van der Waals surface area contributed by atoms with Crippen molar-refractivity contribution in [2.45, 2.75) is 32.5 Å². The van der Waals surface area contributed by atoms with Gasteiger partial charge in [-0.3, -0.25) is 9.78 Å². The molecule has 0 saturated heterocycles. The average molecular weight is 293 g/mol. The lowest BCUT2D eigenvalue weighted by molar-refractivity contribution is -0.141. The molecule has 0 aliphatic carbocycles. The Balaban J connectivity index is 3.11. The van der Waals surface area contributed by atoms with E-state index in [1.54, 1.807) is 13.8 Å². The molecule has 0 aliphatic heterocycles. The molecule has 0 aromatic carbocycles. The molecule has 1 aromatic rings. The maximum atomic E-state index is 12.5. The number of aliphatic carboxylic acids is 1. The summed E-state index contributed by atoms with van der Waals surface area (Å²) in [5.74, 6) is -2.11. The molecule has 20 heavy (non-hydrogen) atoms. The predicted octanol–water partition coefficient (Wildman–Crippen LogP) is 1.70. The minimum absolute atomic E-state index is 0.310. The van der Waals surface area contributed by atoms with Crippen molar-refractivity contribution in [2.24, 2.45) is 5.92 Å². The zero-order chi connectivity index (χ0) is 15.5. The van der Waals surface area contributed by atoms with Crippen LogP contribution >= 0.6 is 0 Å². The van der Waals surface area contributed by atoms with E-state index in [1.165, 1.54) is 0 Å². The molecule has 0 aliphatic rings. The number of aromatic amines is 1. The van der Waals surface area contributed by atoms with Crippen LogP contribution in [0.25, 0.3) is 0 Å². The second-order valence-corrected chi connectivity index (χ2v) is 4.32. The van der Waals surface area contributed by atoms with Crippen LogP contribution in [0.2, 0.25) is 0 Å². The lowest BCUT2D eigenvalue weighted by Gasteiger charge is -2.20. The molecule has 1 heterocycles. The first-order valence-electron chi connectivity index (χ1n) is 5.83. The summed E-state index contributed by atoms with van der Waals surface area (Å²) < 4.78 is 37.5. The summed E-state index contributed by atoms with van der Waals surface area (Å²) in [5.41, 5.74) is -2.39. The number of halogens is 3. The van der Waals surface area contributed by atoms with Crippen LogP contribution in [0.3, 0.4) is 0 Å². The number of aromatic nitrogens is 2. The molecule has 112 valence electrons. The number of carboxylic acid groups (broad SMARTS) is 1. The molecule has 0 spiro atoms. The van der Waals surface area contributed by atoms with E-state index in [0.29, 0.717) is 12.5 Å². The monoisotopic (exact) mass is 293 g/mol. The van der Waals surface area contributed by atoms with Gasteiger partial charge in [-0.05, 0) is 5.92 Å². The summed E-state index contributed by atoms with van der Waals surface area (Å²) in [7, 11) is 0. The first kappa shape index (κ1) is 16.0. The van der Waals surface area contributed by atoms with Crippen molar-refractivity contribution in [2.75, 3.05) is 5.32 Å². The van der Waals surface area contributed by atoms with Crippen LogP contribution in [0.4, 0.5) is 19.1 Å². The number of carboxylic acids is 1. The van der Waals surface area contributed by atoms with Crippen LogP contribution < -0.4 is 10.9 Å². The van der Waals surface area contributed by atoms with Crippen molar-refractivity contribution in [3.05, 3.63) is 22.1 Å². The molecule has 0 fully saturated rings. The van der Waals surface area contributed by atoms with E-state index in [0.717, 1.165) is 0 Å². The van der Waals surface area contributed by atoms with Crippen molar-refractivity contribution in [1.82, 2.24) is 9.97 Å². The number of carbonyl (C=O) groups is 1. The summed E-state index contributed by atoms with van der Waals surface area (Å²) in [6.07, 6.45) is -4.28. The van der Waals surface area contributed by atoms with Crippen LogP contribution in [-0.4, -0.2) is 27.1 Å². The van der Waals surface area contributed by atoms with Crippen LogP contribution in [0, 0.1) is 5.92 Å². The number of anilines is 1. The SMILES string of the molecule is CCC(C)C(Nc1nc(C(F)(F)F)cc(=O)[nH]1)C(=O)O. The largest absolute Gasteiger partial charge is 0.480 e. The third kappa shape index (κ3) is 3.97. The van der Waals surface area contributed by atoms with Gasteiger partial charge in [-0.2, -0.15) is 13.2 Å². The number of hydrogen-bond donors (Lipinski definition) is 3. The van der Waals surface area contributed by atoms with Crippen molar-refractivity contribution >= 4 is 11.9 Å². The smallest absolute Gasteiger partial charge is 0.433 e. The Bertz CT molecular complexity index is 542. The van der Waals surface area contributed by atoms with Gasteiger partial charge in [0.1, 0.15) is 6.04 Å². The molecule has 1 rings (SSSR count). The minimum atomic E-state index is -4.78. The molecule has 3 N–H and O–H groups in total. The molecule has 2 atom stereocenters. The quantitative estimate of drug-likeness (QED) is 0.768. The highest BCUT2D eigenvalue weighted by molar-refractivity contribution is 5.76. The van der Waals surface area contributed by atoms with Gasteiger partial charge in [-0.15, -0.1) is 0 Å². The fraction of sp³-hybridized carbons (Fsp3) is 0.545. The molecule has 6 nitrogen and oxygen atoms in total. The average Bonchev–Trinajstić information content (AvgIpc) is 2.33. The van der Waals surface area contributed by atoms with Gasteiger partial charge in [-0.1, -0.05) is 20.3 Å². The summed E-state index contributed by atoms with van der Waals surface area (Å²) >= 11 is 0. The van der Waals surface area contributed by atoms with Crippen LogP contribution in [0.1, 0.15) is 26.0 Å². The molecule has 9 heteroatoms. The Hall–Kier alpha value is -2.06.